The van der Waals surface area contributed by atoms with Crippen LogP contribution < -0.4 is 0 Å². The van der Waals surface area contributed by atoms with Gasteiger partial charge in [-0.15, -0.1) is 0 Å². The van der Waals surface area contributed by atoms with Gasteiger partial charge in [0.05, 0.1) is 6.07 Å². The Bertz CT molecular complexity index is 55.1. The molecule has 0 fully saturated rings. The molecular formula is C4H6NSi. The lowest BCUT2D eigenvalue weighted by atomic mass is 10.4. The first-order chi connectivity index (χ1) is 2.91. The SMILES string of the molecule is N#CCCC[Si]. The highest BCUT2D eigenvalue weighted by atomic mass is 28.1. The lowest BCUT2D eigenvalue weighted by molar-refractivity contribution is 0.965. The van der Waals surface area contributed by atoms with Gasteiger partial charge in [-0.05, 0) is 6.42 Å². The van der Waals surface area contributed by atoms with E-state index in [0.29, 0.717) is 6.42 Å². The van der Waals surface area contributed by atoms with Gasteiger partial charge < -0.3 is 0 Å². The van der Waals surface area contributed by atoms with Gasteiger partial charge in [0.2, 0.25) is 0 Å². The van der Waals surface area contributed by atoms with Crippen LogP contribution in [-0.4, -0.2) is 10.2 Å². The largest absolute Gasteiger partial charge is 0.198 e. The minimum Gasteiger partial charge on any atom is -0.198 e. The summed E-state index contributed by atoms with van der Waals surface area (Å²) in [7, 11) is 3.24. The van der Waals surface area contributed by atoms with Crippen LogP contribution >= 0.6 is 0 Å². The fraction of sp³-hybridized carbons (Fsp3) is 0.750. The normalized spacial score (nSPS) is 7.33. The first-order valence-corrected chi connectivity index (χ1v) is 2.64. The first-order valence-electron chi connectivity index (χ1n) is 1.93. The Labute approximate surface area is 41.4 Å². The Morgan fingerprint density at radius 1 is 1.67 bits per heavy atom. The van der Waals surface area contributed by atoms with Crippen LogP contribution in [0.25, 0.3) is 0 Å². The molecule has 1 nitrogen and oxygen atoms in total. The molecule has 31 valence electrons. The molecule has 0 atom stereocenters. The molecule has 0 N–H and O–H groups in total. The van der Waals surface area contributed by atoms with Crippen molar-refractivity contribution < 1.29 is 0 Å². The van der Waals surface area contributed by atoms with E-state index in [1.54, 1.807) is 0 Å². The highest BCUT2D eigenvalue weighted by Gasteiger charge is 1.74. The van der Waals surface area contributed by atoms with Crippen molar-refractivity contribution in [2.75, 3.05) is 0 Å². The van der Waals surface area contributed by atoms with Gasteiger partial charge in [-0.2, -0.15) is 5.26 Å². The third-order valence-corrected chi connectivity index (χ3v) is 0.819. The maximum absolute atomic E-state index is 7.93. The molecule has 3 radical (unpaired) electrons. The number of rotatable bonds is 2. The Kier molecular flexibility index (Phi) is 4.48. The second kappa shape index (κ2) is 4.71. The van der Waals surface area contributed by atoms with Gasteiger partial charge in [0, 0.05) is 16.7 Å². The Morgan fingerprint density at radius 3 is 2.50 bits per heavy atom. The second-order valence-corrected chi connectivity index (χ2v) is 1.51. The van der Waals surface area contributed by atoms with E-state index in [0.717, 1.165) is 12.5 Å². The van der Waals surface area contributed by atoms with Gasteiger partial charge in [-0.25, -0.2) is 0 Å². The minimum absolute atomic E-state index is 0.670. The highest BCUT2D eigenvalue weighted by Crippen LogP contribution is 1.87. The number of nitrogens with zero attached hydrogens (tertiary/aromatic N) is 1. The fourth-order valence-electron chi connectivity index (χ4n) is 0.167. The highest BCUT2D eigenvalue weighted by molar-refractivity contribution is 6.08. The van der Waals surface area contributed by atoms with Crippen molar-refractivity contribution in [2.45, 2.75) is 18.9 Å². The van der Waals surface area contributed by atoms with Crippen LogP contribution in [0.5, 0.6) is 0 Å². The van der Waals surface area contributed by atoms with Gasteiger partial charge >= 0.3 is 0 Å². The lowest BCUT2D eigenvalue weighted by Crippen LogP contribution is -1.66. The third kappa shape index (κ3) is 3.71. The van der Waals surface area contributed by atoms with E-state index in [4.69, 9.17) is 5.26 Å². The molecule has 0 aromatic carbocycles. The van der Waals surface area contributed by atoms with Gasteiger partial charge in [-0.1, -0.05) is 6.04 Å². The van der Waals surface area contributed by atoms with Crippen LogP contribution in [-0.2, 0) is 0 Å². The number of nitriles is 1. The van der Waals surface area contributed by atoms with Crippen LogP contribution in [0.15, 0.2) is 0 Å². The van der Waals surface area contributed by atoms with Crippen molar-refractivity contribution in [2.24, 2.45) is 0 Å². The van der Waals surface area contributed by atoms with Crippen LogP contribution in [0, 0.1) is 11.3 Å². The topological polar surface area (TPSA) is 23.8 Å². The monoisotopic (exact) mass is 96.0 g/mol. The summed E-state index contributed by atoms with van der Waals surface area (Å²) in [6, 6.07) is 2.98. The molecule has 2 heteroatoms. The Hall–Kier alpha value is -0.293. The van der Waals surface area contributed by atoms with Gasteiger partial charge in [0.25, 0.3) is 0 Å². The van der Waals surface area contributed by atoms with Crippen LogP contribution in [0.2, 0.25) is 6.04 Å². The summed E-state index contributed by atoms with van der Waals surface area (Å²) >= 11 is 0. The average Bonchev–Trinajstić information content (AvgIpc) is 1.61. The molecule has 0 amide bonds. The van der Waals surface area contributed by atoms with E-state index < -0.39 is 0 Å². The van der Waals surface area contributed by atoms with Gasteiger partial charge in [0.1, 0.15) is 0 Å². The Balaban J connectivity index is 2.54. The first kappa shape index (κ1) is 5.71. The molecule has 0 rings (SSSR count). The quantitative estimate of drug-likeness (QED) is 0.370. The predicted octanol–water partition coefficient (Wildman–Crippen LogP) is 0.877. The van der Waals surface area contributed by atoms with Crippen LogP contribution in [0.3, 0.4) is 0 Å². The van der Waals surface area contributed by atoms with Crippen molar-refractivity contribution in [3.05, 3.63) is 0 Å². The van der Waals surface area contributed by atoms with E-state index in [1.165, 1.54) is 0 Å². The van der Waals surface area contributed by atoms with Gasteiger partial charge in [0.15, 0.2) is 0 Å². The van der Waals surface area contributed by atoms with Crippen molar-refractivity contribution in [3.63, 3.8) is 0 Å². The van der Waals surface area contributed by atoms with E-state index >= 15 is 0 Å². The molecule has 0 heterocycles. The van der Waals surface area contributed by atoms with E-state index in [9.17, 15) is 0 Å². The van der Waals surface area contributed by atoms with E-state index in [1.807, 2.05) is 6.07 Å². The lowest BCUT2D eigenvalue weighted by Gasteiger charge is -1.76. The summed E-state index contributed by atoms with van der Waals surface area (Å²) in [4.78, 5) is 0. The molecule has 0 aliphatic heterocycles. The molecular weight excluding hydrogens is 90.1 g/mol. The van der Waals surface area contributed by atoms with Crippen molar-refractivity contribution in [1.82, 2.24) is 0 Å². The summed E-state index contributed by atoms with van der Waals surface area (Å²) < 4.78 is 0. The zero-order chi connectivity index (χ0) is 4.83. The molecule has 0 aliphatic rings. The van der Waals surface area contributed by atoms with Gasteiger partial charge in [-0.3, -0.25) is 0 Å². The predicted molar refractivity (Wildman–Crippen MR) is 25.4 cm³/mol. The summed E-state index contributed by atoms with van der Waals surface area (Å²) in [5.41, 5.74) is 0. The summed E-state index contributed by atoms with van der Waals surface area (Å²) in [6.45, 7) is 0. The molecule has 0 aromatic rings. The zero-order valence-corrected chi connectivity index (χ0v) is 4.57. The van der Waals surface area contributed by atoms with Crippen molar-refractivity contribution in [3.8, 4) is 6.07 Å². The van der Waals surface area contributed by atoms with Crippen molar-refractivity contribution >= 4 is 10.2 Å². The smallest absolute Gasteiger partial charge is 0.0621 e. The van der Waals surface area contributed by atoms with Crippen LogP contribution in [0.1, 0.15) is 12.8 Å². The third-order valence-electron chi connectivity index (χ3n) is 0.465. The average molecular weight is 96.2 g/mol. The number of hydrogen-bond acceptors (Lipinski definition) is 1. The van der Waals surface area contributed by atoms with E-state index in [-0.39, 0.29) is 0 Å². The molecule has 0 spiro atoms. The molecule has 6 heavy (non-hydrogen) atoms. The number of hydrogen-bond donors (Lipinski definition) is 0. The minimum atomic E-state index is 0.670. The molecule has 0 saturated heterocycles. The zero-order valence-electron chi connectivity index (χ0n) is 3.57. The maximum Gasteiger partial charge on any atom is 0.0621 e. The molecule has 0 unspecified atom stereocenters. The number of unbranched alkanes of at least 4 members (excludes halogenated alkanes) is 1. The van der Waals surface area contributed by atoms with Crippen LogP contribution in [0.4, 0.5) is 0 Å². The standard InChI is InChI=1S/C4H6NSi/c5-3-1-2-4-6/h1-2,4H2. The second-order valence-electron chi connectivity index (χ2n) is 1.01. The molecule has 0 aliphatic carbocycles. The summed E-state index contributed by atoms with van der Waals surface area (Å²) in [5, 5.41) is 7.93. The van der Waals surface area contributed by atoms with Crippen molar-refractivity contribution in [1.29, 1.82) is 5.26 Å². The molecule has 0 bridgehead atoms. The fourth-order valence-corrected chi connectivity index (χ4v) is 0.344. The van der Waals surface area contributed by atoms with E-state index in [2.05, 4.69) is 10.2 Å². The summed E-state index contributed by atoms with van der Waals surface area (Å²) in [6.07, 6.45) is 1.64. The molecule has 0 saturated carbocycles. The summed E-state index contributed by atoms with van der Waals surface area (Å²) in [5.74, 6) is 0. The maximum atomic E-state index is 7.93. The Morgan fingerprint density at radius 2 is 2.33 bits per heavy atom. The molecule has 0 aromatic heterocycles.